The summed E-state index contributed by atoms with van der Waals surface area (Å²) in [5.74, 6) is 1.04. The van der Waals surface area contributed by atoms with Gasteiger partial charge < -0.3 is 14.8 Å². The Kier molecular flexibility index (Phi) is 6.23. The van der Waals surface area contributed by atoms with Gasteiger partial charge in [-0.3, -0.25) is 19.8 Å². The molecule has 180 valence electrons. The molecule has 0 aromatic heterocycles. The Balaban J connectivity index is 1.48. The van der Waals surface area contributed by atoms with Crippen LogP contribution in [-0.4, -0.2) is 17.9 Å². The minimum atomic E-state index is -0.459. The summed E-state index contributed by atoms with van der Waals surface area (Å²) in [5, 5.41) is 14.4. The molecule has 1 aliphatic rings. The maximum Gasteiger partial charge on any atom is 0.269 e. The molecule has 1 amide bonds. The number of nitro groups is 1. The number of hydrogen-bond donors (Lipinski definition) is 1. The number of nitrogens with one attached hydrogen (secondary N) is 1. The normalized spacial score (nSPS) is 14.5. The molecule has 0 bridgehead atoms. The molecule has 1 heterocycles. The van der Waals surface area contributed by atoms with Crippen molar-refractivity contribution < 1.29 is 19.2 Å². The summed E-state index contributed by atoms with van der Waals surface area (Å²) in [4.78, 5) is 25.8. The Labute approximate surface area is 207 Å². The fourth-order valence-corrected chi connectivity index (χ4v) is 4.25. The zero-order chi connectivity index (χ0) is 25.1. The number of methoxy groups -OCH3 is 1. The first-order chi connectivity index (χ1) is 17.5. The first-order valence-corrected chi connectivity index (χ1v) is 11.3. The zero-order valence-corrected chi connectivity index (χ0v) is 19.5. The molecule has 8 nitrogen and oxygen atoms in total. The smallest absolute Gasteiger partial charge is 0.269 e. The molecule has 4 aromatic rings. The summed E-state index contributed by atoms with van der Waals surface area (Å²) < 4.78 is 11.4. The molecule has 0 fully saturated rings. The van der Waals surface area contributed by atoms with E-state index < -0.39 is 11.1 Å². The number of nitro benzene ring substituents is 1. The number of non-ortho nitro benzene ring substituents is 1. The maximum atomic E-state index is 13.6. The lowest BCUT2D eigenvalue weighted by molar-refractivity contribution is -0.384. The molecule has 0 aliphatic carbocycles. The van der Waals surface area contributed by atoms with Gasteiger partial charge in [-0.15, -0.1) is 0 Å². The van der Waals surface area contributed by atoms with E-state index in [-0.39, 0.29) is 18.2 Å². The van der Waals surface area contributed by atoms with Gasteiger partial charge >= 0.3 is 0 Å². The minimum absolute atomic E-state index is 0.00347. The van der Waals surface area contributed by atoms with E-state index >= 15 is 0 Å². The lowest BCUT2D eigenvalue weighted by Crippen LogP contribution is -2.43. The van der Waals surface area contributed by atoms with E-state index in [2.05, 4.69) is 5.32 Å². The van der Waals surface area contributed by atoms with E-state index in [1.165, 1.54) is 12.1 Å². The molecule has 1 atom stereocenters. The third-order valence-corrected chi connectivity index (χ3v) is 6.02. The topological polar surface area (TPSA) is 93.9 Å². The lowest BCUT2D eigenvalue weighted by atomic mass is 10.0. The molecule has 8 heteroatoms. The van der Waals surface area contributed by atoms with Gasteiger partial charge in [-0.05, 0) is 54.1 Å². The highest BCUT2D eigenvalue weighted by Gasteiger charge is 2.34. The van der Waals surface area contributed by atoms with E-state index in [1.54, 1.807) is 24.1 Å². The van der Waals surface area contributed by atoms with Crippen molar-refractivity contribution in [2.45, 2.75) is 12.8 Å². The van der Waals surface area contributed by atoms with Crippen molar-refractivity contribution in [3.63, 3.8) is 0 Å². The van der Waals surface area contributed by atoms with Crippen LogP contribution in [0.4, 0.5) is 17.1 Å². The van der Waals surface area contributed by atoms with Crippen molar-refractivity contribution >= 4 is 23.0 Å². The summed E-state index contributed by atoms with van der Waals surface area (Å²) >= 11 is 0. The van der Waals surface area contributed by atoms with Gasteiger partial charge in [0, 0.05) is 29.1 Å². The number of nitrogens with zero attached hydrogens (tertiary/aromatic N) is 2. The van der Waals surface area contributed by atoms with Gasteiger partial charge in [0.1, 0.15) is 24.3 Å². The summed E-state index contributed by atoms with van der Waals surface area (Å²) in [6.07, 6.45) is -0.459. The molecule has 0 spiro atoms. The summed E-state index contributed by atoms with van der Waals surface area (Å²) in [7, 11) is 1.58. The van der Waals surface area contributed by atoms with Crippen molar-refractivity contribution in [1.29, 1.82) is 0 Å². The van der Waals surface area contributed by atoms with E-state index in [0.717, 1.165) is 22.5 Å². The fraction of sp³-hybridized carbons (Fsp3) is 0.107. The van der Waals surface area contributed by atoms with Crippen LogP contribution in [0.15, 0.2) is 97.1 Å². The molecule has 4 aromatic carbocycles. The highest BCUT2D eigenvalue weighted by Crippen LogP contribution is 2.37. The van der Waals surface area contributed by atoms with Crippen LogP contribution < -0.4 is 19.7 Å². The highest BCUT2D eigenvalue weighted by molar-refractivity contribution is 6.12. The zero-order valence-electron chi connectivity index (χ0n) is 19.5. The Morgan fingerprint density at radius 2 is 1.67 bits per heavy atom. The van der Waals surface area contributed by atoms with Crippen molar-refractivity contribution in [2.75, 3.05) is 17.3 Å². The first kappa shape index (κ1) is 22.9. The third-order valence-electron chi connectivity index (χ3n) is 6.02. The lowest BCUT2D eigenvalue weighted by Gasteiger charge is -2.38. The third kappa shape index (κ3) is 4.44. The van der Waals surface area contributed by atoms with Crippen molar-refractivity contribution in [3.8, 4) is 11.5 Å². The van der Waals surface area contributed by atoms with Crippen molar-refractivity contribution in [2.24, 2.45) is 0 Å². The van der Waals surface area contributed by atoms with E-state index in [4.69, 9.17) is 9.47 Å². The number of fused-ring (bicyclic) bond motifs is 1. The Morgan fingerprint density at radius 3 is 2.39 bits per heavy atom. The van der Waals surface area contributed by atoms with Crippen molar-refractivity contribution in [3.05, 3.63) is 124 Å². The molecular formula is C28H23N3O5. The van der Waals surface area contributed by atoms with Gasteiger partial charge in [0.2, 0.25) is 0 Å². The number of rotatable bonds is 7. The number of benzene rings is 4. The Morgan fingerprint density at radius 1 is 0.944 bits per heavy atom. The van der Waals surface area contributed by atoms with E-state index in [1.807, 2.05) is 72.8 Å². The minimum Gasteiger partial charge on any atom is -0.496 e. The average molecular weight is 482 g/mol. The standard InChI is InChI=1S/C28H23N3O5/c1-35-26-16-11-19(17-20(26)18-36-23-14-12-22(13-15-23)31(33)34)27-29-25-10-6-5-9-24(25)28(32)30(27)21-7-3-2-4-8-21/h2-17,27,29H,18H2,1H3. The number of carbonyl (C=O) groups is 1. The average Bonchev–Trinajstić information content (AvgIpc) is 2.92. The molecule has 5 rings (SSSR count). The van der Waals surface area contributed by atoms with Gasteiger partial charge in [0.25, 0.3) is 11.6 Å². The predicted octanol–water partition coefficient (Wildman–Crippen LogP) is 5.95. The predicted molar refractivity (Wildman–Crippen MR) is 136 cm³/mol. The van der Waals surface area contributed by atoms with Crippen LogP contribution >= 0.6 is 0 Å². The molecule has 0 saturated heterocycles. The second-order valence-corrected chi connectivity index (χ2v) is 8.21. The second kappa shape index (κ2) is 9.79. The largest absolute Gasteiger partial charge is 0.496 e. The highest BCUT2D eigenvalue weighted by atomic mass is 16.6. The molecule has 1 aliphatic heterocycles. The molecule has 0 radical (unpaired) electrons. The second-order valence-electron chi connectivity index (χ2n) is 8.21. The number of ether oxygens (including phenoxy) is 2. The Bertz CT molecular complexity index is 1410. The van der Waals surface area contributed by atoms with Crippen LogP contribution in [0, 0.1) is 10.1 Å². The summed E-state index contributed by atoms with van der Waals surface area (Å²) in [6.45, 7) is 0.178. The van der Waals surface area contributed by atoms with Crippen LogP contribution in [-0.2, 0) is 6.61 Å². The number of anilines is 2. The van der Waals surface area contributed by atoms with Gasteiger partial charge in [0.05, 0.1) is 17.6 Å². The maximum absolute atomic E-state index is 13.6. The van der Waals surface area contributed by atoms with Crippen LogP contribution in [0.5, 0.6) is 11.5 Å². The quantitative estimate of drug-likeness (QED) is 0.259. The number of carbonyl (C=O) groups excluding carboxylic acids is 1. The fourth-order valence-electron chi connectivity index (χ4n) is 4.25. The van der Waals surface area contributed by atoms with Crippen LogP contribution in [0.25, 0.3) is 0 Å². The van der Waals surface area contributed by atoms with Crippen LogP contribution in [0.2, 0.25) is 0 Å². The van der Waals surface area contributed by atoms with Gasteiger partial charge in [-0.2, -0.15) is 0 Å². The van der Waals surface area contributed by atoms with Crippen LogP contribution in [0.1, 0.15) is 27.7 Å². The summed E-state index contributed by atoms with van der Waals surface area (Å²) in [6, 6.07) is 28.6. The summed E-state index contributed by atoms with van der Waals surface area (Å²) in [5.41, 5.74) is 3.76. The monoisotopic (exact) mass is 481 g/mol. The molecule has 1 unspecified atom stereocenters. The van der Waals surface area contributed by atoms with E-state index in [0.29, 0.717) is 17.1 Å². The van der Waals surface area contributed by atoms with Gasteiger partial charge in [-0.25, -0.2) is 0 Å². The van der Waals surface area contributed by atoms with Crippen molar-refractivity contribution in [1.82, 2.24) is 0 Å². The van der Waals surface area contributed by atoms with E-state index in [9.17, 15) is 14.9 Å². The number of amides is 1. The first-order valence-electron chi connectivity index (χ1n) is 11.3. The number of para-hydroxylation sites is 2. The molecular weight excluding hydrogens is 458 g/mol. The Hall–Kier alpha value is -4.85. The SMILES string of the molecule is COc1ccc(C2Nc3ccccc3C(=O)N2c2ccccc2)cc1COc1ccc([N+](=O)[O-])cc1. The van der Waals surface area contributed by atoms with Gasteiger partial charge in [-0.1, -0.05) is 36.4 Å². The number of hydrogen-bond acceptors (Lipinski definition) is 6. The van der Waals surface area contributed by atoms with Crippen LogP contribution in [0.3, 0.4) is 0 Å². The molecule has 0 saturated carbocycles. The molecule has 36 heavy (non-hydrogen) atoms. The van der Waals surface area contributed by atoms with Gasteiger partial charge in [0.15, 0.2) is 0 Å². The molecule has 1 N–H and O–H groups in total.